The maximum Gasteiger partial charge on any atom is 0.274 e. The third-order valence-corrected chi connectivity index (χ3v) is 3.01. The summed E-state index contributed by atoms with van der Waals surface area (Å²) in [7, 11) is 0. The number of halogens is 1. The number of carbonyl (C=O) groups is 1. The molecule has 0 aliphatic rings. The number of aliphatic hydroxyl groups is 1. The minimum atomic E-state index is -0.717. The smallest absolute Gasteiger partial charge is 0.274 e. The van der Waals surface area contributed by atoms with Crippen LogP contribution in [0.2, 0.25) is 0 Å². The number of hydrazone groups is 1. The van der Waals surface area contributed by atoms with Gasteiger partial charge in [-0.15, -0.1) is 0 Å². The molecule has 0 fully saturated rings. The van der Waals surface area contributed by atoms with E-state index in [2.05, 4.69) is 15.5 Å². The maximum atomic E-state index is 13.4. The number of amides is 1. The molecule has 0 unspecified atom stereocenters. The van der Waals surface area contributed by atoms with Crippen molar-refractivity contribution in [3.63, 3.8) is 0 Å². The van der Waals surface area contributed by atoms with Gasteiger partial charge in [0.25, 0.3) is 5.91 Å². The third-order valence-electron chi connectivity index (χ3n) is 3.01. The molecule has 0 saturated carbocycles. The Balaban J connectivity index is 2.19. The molecule has 0 aliphatic heterocycles. The van der Waals surface area contributed by atoms with Crippen molar-refractivity contribution >= 4 is 12.1 Å². The van der Waals surface area contributed by atoms with Crippen LogP contribution in [0.25, 0.3) is 0 Å². The molecule has 114 valence electrons. The summed E-state index contributed by atoms with van der Waals surface area (Å²) in [4.78, 5) is 15.7. The Bertz CT molecular complexity index is 732. The van der Waals surface area contributed by atoms with Gasteiger partial charge in [-0.1, -0.05) is 12.1 Å². The van der Waals surface area contributed by atoms with Gasteiger partial charge in [0.1, 0.15) is 11.6 Å². The molecule has 0 aliphatic carbocycles. The van der Waals surface area contributed by atoms with Crippen LogP contribution >= 0.6 is 0 Å². The lowest BCUT2D eigenvalue weighted by Crippen LogP contribution is -2.19. The summed E-state index contributed by atoms with van der Waals surface area (Å²) in [6.07, 6.45) is 2.57. The van der Waals surface area contributed by atoms with Crippen LogP contribution in [0.1, 0.15) is 27.2 Å². The lowest BCUT2D eigenvalue weighted by atomic mass is 10.1. The second-order valence-corrected chi connectivity index (χ2v) is 4.47. The van der Waals surface area contributed by atoms with Gasteiger partial charge in [-0.25, -0.2) is 9.82 Å². The van der Waals surface area contributed by atoms with Crippen LogP contribution in [-0.2, 0) is 6.61 Å². The number of pyridine rings is 1. The highest BCUT2D eigenvalue weighted by Gasteiger charge is 2.11. The van der Waals surface area contributed by atoms with E-state index in [1.165, 1.54) is 36.7 Å². The maximum absolute atomic E-state index is 13.4. The van der Waals surface area contributed by atoms with Crippen LogP contribution < -0.4 is 5.43 Å². The van der Waals surface area contributed by atoms with Crippen LogP contribution in [-0.4, -0.2) is 27.3 Å². The van der Waals surface area contributed by atoms with Crippen LogP contribution in [0.5, 0.6) is 5.75 Å². The molecule has 0 radical (unpaired) electrons. The van der Waals surface area contributed by atoms with Crippen molar-refractivity contribution in [3.8, 4) is 5.75 Å². The minimum Gasteiger partial charge on any atom is -0.505 e. The van der Waals surface area contributed by atoms with Crippen LogP contribution in [0.15, 0.2) is 35.6 Å². The molecular weight excluding hydrogens is 289 g/mol. The fourth-order valence-electron chi connectivity index (χ4n) is 1.78. The van der Waals surface area contributed by atoms with Gasteiger partial charge < -0.3 is 10.2 Å². The quantitative estimate of drug-likeness (QED) is 0.589. The third kappa shape index (κ3) is 3.26. The zero-order chi connectivity index (χ0) is 16.1. The number of nitrogens with zero attached hydrogens (tertiary/aromatic N) is 2. The number of aliphatic hydroxyl groups excluding tert-OH is 1. The second kappa shape index (κ2) is 6.77. The monoisotopic (exact) mass is 303 g/mol. The molecular formula is C15H14FN3O3. The van der Waals surface area contributed by atoms with Crippen molar-refractivity contribution in [3.05, 3.63) is 58.7 Å². The predicted molar refractivity (Wildman–Crippen MR) is 78.0 cm³/mol. The van der Waals surface area contributed by atoms with Crippen LogP contribution in [0.4, 0.5) is 4.39 Å². The first-order chi connectivity index (χ1) is 10.5. The fraction of sp³-hybridized carbons (Fsp3) is 0.133. The number of aromatic nitrogens is 1. The zero-order valence-corrected chi connectivity index (χ0v) is 11.7. The van der Waals surface area contributed by atoms with Gasteiger partial charge >= 0.3 is 0 Å². The summed E-state index contributed by atoms with van der Waals surface area (Å²) >= 11 is 0. The van der Waals surface area contributed by atoms with E-state index in [0.29, 0.717) is 11.3 Å². The van der Waals surface area contributed by atoms with Gasteiger partial charge in [0.15, 0.2) is 0 Å². The van der Waals surface area contributed by atoms with Crippen molar-refractivity contribution in [1.29, 1.82) is 0 Å². The van der Waals surface area contributed by atoms with E-state index in [1.807, 2.05) is 0 Å². The minimum absolute atomic E-state index is 0.142. The second-order valence-electron chi connectivity index (χ2n) is 4.47. The molecule has 0 atom stereocenters. The summed E-state index contributed by atoms with van der Waals surface area (Å²) in [5.41, 5.74) is 2.98. The van der Waals surface area contributed by atoms with Crippen molar-refractivity contribution in [2.75, 3.05) is 0 Å². The molecule has 0 spiro atoms. The van der Waals surface area contributed by atoms with Crippen LogP contribution in [0, 0.1) is 12.7 Å². The first kappa shape index (κ1) is 15.6. The molecule has 1 aromatic carbocycles. The number of hydrogen-bond acceptors (Lipinski definition) is 5. The molecule has 22 heavy (non-hydrogen) atoms. The Labute approximate surface area is 125 Å². The van der Waals surface area contributed by atoms with Gasteiger partial charge in [-0.2, -0.15) is 5.10 Å². The summed E-state index contributed by atoms with van der Waals surface area (Å²) in [6, 6.07) is 5.50. The molecule has 1 amide bonds. The van der Waals surface area contributed by atoms with Gasteiger partial charge in [-0.3, -0.25) is 9.78 Å². The molecule has 2 aromatic rings. The highest BCUT2D eigenvalue weighted by Crippen LogP contribution is 2.21. The van der Waals surface area contributed by atoms with Gasteiger partial charge in [0.05, 0.1) is 24.1 Å². The Morgan fingerprint density at radius 3 is 2.86 bits per heavy atom. The average Bonchev–Trinajstić information content (AvgIpc) is 2.52. The van der Waals surface area contributed by atoms with Crippen LogP contribution in [0.3, 0.4) is 0 Å². The van der Waals surface area contributed by atoms with E-state index < -0.39 is 11.7 Å². The highest BCUT2D eigenvalue weighted by atomic mass is 19.1. The average molecular weight is 303 g/mol. The predicted octanol–water partition coefficient (Wildman–Crippen LogP) is 1.49. The SMILES string of the molecule is Cc1ncc(CO)c(/C=N\NC(=O)c2ccccc2F)c1O. The first-order valence-corrected chi connectivity index (χ1v) is 6.40. The number of nitrogens with one attached hydrogen (secondary N) is 1. The molecule has 0 bridgehead atoms. The topological polar surface area (TPSA) is 94.8 Å². The fourth-order valence-corrected chi connectivity index (χ4v) is 1.78. The summed E-state index contributed by atoms with van der Waals surface area (Å²) in [6.45, 7) is 1.25. The lowest BCUT2D eigenvalue weighted by molar-refractivity contribution is 0.0951. The van der Waals surface area contributed by atoms with E-state index in [-0.39, 0.29) is 23.5 Å². The molecule has 1 aromatic heterocycles. The van der Waals surface area contributed by atoms with Gasteiger partial charge in [0, 0.05) is 17.3 Å². The van der Waals surface area contributed by atoms with E-state index in [1.54, 1.807) is 6.92 Å². The molecule has 0 saturated heterocycles. The molecule has 7 heteroatoms. The van der Waals surface area contributed by atoms with E-state index in [9.17, 15) is 19.4 Å². The Kier molecular flexibility index (Phi) is 4.80. The van der Waals surface area contributed by atoms with E-state index in [0.717, 1.165) is 0 Å². The molecule has 3 N–H and O–H groups in total. The number of aromatic hydroxyl groups is 1. The molecule has 1 heterocycles. The number of carbonyl (C=O) groups excluding carboxylic acids is 1. The summed E-state index contributed by atoms with van der Waals surface area (Å²) in [5, 5.41) is 22.8. The van der Waals surface area contributed by atoms with E-state index >= 15 is 0 Å². The Morgan fingerprint density at radius 1 is 1.45 bits per heavy atom. The number of benzene rings is 1. The Morgan fingerprint density at radius 2 is 2.18 bits per heavy atom. The van der Waals surface area contributed by atoms with Crippen molar-refractivity contribution in [1.82, 2.24) is 10.4 Å². The zero-order valence-electron chi connectivity index (χ0n) is 11.7. The van der Waals surface area contributed by atoms with Gasteiger partial charge in [-0.05, 0) is 19.1 Å². The summed E-state index contributed by atoms with van der Waals surface area (Å²) in [5.74, 6) is -1.52. The molecule has 6 nitrogen and oxygen atoms in total. The molecule has 2 rings (SSSR count). The van der Waals surface area contributed by atoms with Gasteiger partial charge in [0.2, 0.25) is 0 Å². The summed E-state index contributed by atoms with van der Waals surface area (Å²) < 4.78 is 13.4. The standard InChI is InChI=1S/C15H14FN3O3/c1-9-14(21)12(10(8-20)6-17-9)7-18-19-15(22)11-4-2-3-5-13(11)16/h2-7,20-21H,8H2,1H3,(H,19,22)/b18-7-. The number of hydrogen-bond donors (Lipinski definition) is 3. The highest BCUT2D eigenvalue weighted by molar-refractivity contribution is 5.95. The Hall–Kier alpha value is -2.80. The first-order valence-electron chi connectivity index (χ1n) is 6.40. The number of rotatable bonds is 4. The normalized spacial score (nSPS) is 10.9. The number of aryl methyl sites for hydroxylation is 1. The van der Waals surface area contributed by atoms with E-state index in [4.69, 9.17) is 0 Å². The largest absolute Gasteiger partial charge is 0.505 e. The van der Waals surface area contributed by atoms with Crippen molar-refractivity contribution in [2.45, 2.75) is 13.5 Å². The van der Waals surface area contributed by atoms with Crippen molar-refractivity contribution < 1.29 is 19.4 Å². The van der Waals surface area contributed by atoms with Crippen molar-refractivity contribution in [2.24, 2.45) is 5.10 Å². The lowest BCUT2D eigenvalue weighted by Gasteiger charge is -2.07.